The monoisotopic (exact) mass is 203 g/mol. The van der Waals surface area contributed by atoms with Gasteiger partial charge in [0.1, 0.15) is 6.61 Å². The summed E-state index contributed by atoms with van der Waals surface area (Å²) in [6.07, 6.45) is 4.05. The zero-order valence-corrected chi connectivity index (χ0v) is 9.36. The van der Waals surface area contributed by atoms with Crippen LogP contribution in [0.15, 0.2) is 0 Å². The molecule has 77 valence electrons. The van der Waals surface area contributed by atoms with E-state index in [1.807, 2.05) is 6.92 Å². The molecule has 0 spiro atoms. The molecule has 0 amide bonds. The van der Waals surface area contributed by atoms with Gasteiger partial charge in [0.15, 0.2) is 0 Å². The summed E-state index contributed by atoms with van der Waals surface area (Å²) >= 11 is 4.70. The fourth-order valence-electron chi connectivity index (χ4n) is 1.20. The van der Waals surface area contributed by atoms with Crippen LogP contribution in [0, 0.1) is 5.92 Å². The fourth-order valence-corrected chi connectivity index (χ4v) is 1.28. The van der Waals surface area contributed by atoms with Crippen LogP contribution in [-0.4, -0.2) is 18.3 Å². The van der Waals surface area contributed by atoms with E-state index in [1.165, 1.54) is 0 Å². The van der Waals surface area contributed by atoms with E-state index in [0.717, 1.165) is 25.7 Å². The van der Waals surface area contributed by atoms with Gasteiger partial charge in [0.05, 0.1) is 5.92 Å². The molecule has 0 N–H and O–H groups in total. The van der Waals surface area contributed by atoms with E-state index in [0.29, 0.717) is 12.4 Å². The second-order valence-corrected chi connectivity index (χ2v) is 3.53. The Morgan fingerprint density at radius 3 is 2.62 bits per heavy atom. The van der Waals surface area contributed by atoms with E-state index in [9.17, 15) is 4.79 Å². The molecule has 0 rings (SSSR count). The molecule has 0 heterocycles. The lowest BCUT2D eigenvalue weighted by Gasteiger charge is -2.12. The number of carbonyl (C=O) groups excluding carboxylic acids is 1. The summed E-state index contributed by atoms with van der Waals surface area (Å²) in [6, 6.07) is 0. The van der Waals surface area contributed by atoms with Crippen LogP contribution in [0.2, 0.25) is 0 Å². The van der Waals surface area contributed by atoms with E-state index in [1.54, 1.807) is 0 Å². The smallest absolute Gasteiger partial charge is 0.308 e. The number of carbonyl (C=O) groups is 1. The topological polar surface area (TPSA) is 26.3 Å². The van der Waals surface area contributed by atoms with E-state index in [4.69, 9.17) is 17.4 Å². The van der Waals surface area contributed by atoms with Crippen LogP contribution in [0.1, 0.15) is 39.5 Å². The first-order chi connectivity index (χ1) is 6.26. The Morgan fingerprint density at radius 2 is 2.15 bits per heavy atom. The van der Waals surface area contributed by atoms with Crippen LogP contribution in [0.25, 0.3) is 0 Å². The molecule has 0 aliphatic rings. The number of unbranched alkanes of at least 4 members (excludes halogenated alkanes) is 1. The summed E-state index contributed by atoms with van der Waals surface area (Å²) in [5.41, 5.74) is 0. The normalized spacial score (nSPS) is 12.5. The lowest BCUT2D eigenvalue weighted by Crippen LogP contribution is -2.18. The van der Waals surface area contributed by atoms with Crippen molar-refractivity contribution in [2.45, 2.75) is 39.5 Å². The predicted octanol–water partition coefficient (Wildman–Crippen LogP) is 2.94. The van der Waals surface area contributed by atoms with Gasteiger partial charge in [-0.2, -0.15) is 0 Å². The summed E-state index contributed by atoms with van der Waals surface area (Å²) in [4.78, 5) is 11.4. The number of hydrogen-bond donors (Lipinski definition) is 0. The van der Waals surface area contributed by atoms with Gasteiger partial charge in [0.2, 0.25) is 0 Å². The molecule has 0 aromatic carbocycles. The van der Waals surface area contributed by atoms with Crippen LogP contribution < -0.4 is 0 Å². The molecule has 0 aromatic heterocycles. The SMILES string of the molecule is CCCCC(CC)C(=O)OCC[S]. The average molecular weight is 203 g/mol. The number of hydrogen-bond acceptors (Lipinski definition) is 2. The van der Waals surface area contributed by atoms with Crippen LogP contribution in [-0.2, 0) is 9.53 Å². The van der Waals surface area contributed by atoms with Crippen molar-refractivity contribution in [2.24, 2.45) is 5.92 Å². The van der Waals surface area contributed by atoms with Gasteiger partial charge in [-0.15, -0.1) is 0 Å². The number of rotatable bonds is 7. The minimum atomic E-state index is -0.0687. The maximum atomic E-state index is 11.4. The molecule has 0 aliphatic carbocycles. The molecule has 0 fully saturated rings. The molecule has 0 saturated carbocycles. The summed E-state index contributed by atoms with van der Waals surface area (Å²) in [7, 11) is 0. The van der Waals surface area contributed by atoms with Gasteiger partial charge in [-0.25, -0.2) is 0 Å². The summed E-state index contributed by atoms with van der Waals surface area (Å²) in [6.45, 7) is 4.54. The van der Waals surface area contributed by atoms with Gasteiger partial charge in [0, 0.05) is 5.75 Å². The molecular formula is C10H19O2S. The van der Waals surface area contributed by atoms with Crippen LogP contribution >= 0.6 is 12.6 Å². The maximum Gasteiger partial charge on any atom is 0.308 e. The van der Waals surface area contributed by atoms with Gasteiger partial charge >= 0.3 is 5.97 Å². The molecule has 3 heteroatoms. The van der Waals surface area contributed by atoms with Crippen molar-refractivity contribution in [1.82, 2.24) is 0 Å². The van der Waals surface area contributed by atoms with Crippen molar-refractivity contribution in [1.29, 1.82) is 0 Å². The largest absolute Gasteiger partial charge is 0.465 e. The van der Waals surface area contributed by atoms with E-state index >= 15 is 0 Å². The van der Waals surface area contributed by atoms with Gasteiger partial charge < -0.3 is 4.74 Å². The van der Waals surface area contributed by atoms with Crippen molar-refractivity contribution in [2.75, 3.05) is 12.4 Å². The number of esters is 1. The van der Waals surface area contributed by atoms with Crippen molar-refractivity contribution in [3.05, 3.63) is 0 Å². The Kier molecular flexibility index (Phi) is 8.30. The highest BCUT2D eigenvalue weighted by molar-refractivity contribution is 7.80. The average Bonchev–Trinajstić information content (AvgIpc) is 2.16. The standard InChI is InChI=1S/C10H19O2S/c1-3-5-6-9(4-2)10(11)12-7-8-13/h9H,3-8H2,1-2H3. The van der Waals surface area contributed by atoms with Crippen molar-refractivity contribution < 1.29 is 9.53 Å². The predicted molar refractivity (Wildman–Crippen MR) is 56.7 cm³/mol. The summed E-state index contributed by atoms with van der Waals surface area (Å²) < 4.78 is 5.00. The molecule has 1 atom stereocenters. The third-order valence-electron chi connectivity index (χ3n) is 2.06. The second-order valence-electron chi connectivity index (χ2n) is 3.12. The molecule has 0 bridgehead atoms. The highest BCUT2D eigenvalue weighted by atomic mass is 32.1. The highest BCUT2D eigenvalue weighted by Gasteiger charge is 2.16. The lowest BCUT2D eigenvalue weighted by molar-refractivity contribution is -0.148. The molecule has 2 nitrogen and oxygen atoms in total. The molecular weight excluding hydrogens is 184 g/mol. The molecule has 1 radical (unpaired) electrons. The first-order valence-electron chi connectivity index (χ1n) is 5.00. The molecule has 0 aliphatic heterocycles. The quantitative estimate of drug-likeness (QED) is 0.595. The first-order valence-corrected chi connectivity index (χ1v) is 5.58. The minimum Gasteiger partial charge on any atom is -0.465 e. The van der Waals surface area contributed by atoms with Crippen LogP contribution in [0.3, 0.4) is 0 Å². The van der Waals surface area contributed by atoms with E-state index < -0.39 is 0 Å². The zero-order valence-electron chi connectivity index (χ0n) is 8.54. The molecule has 13 heavy (non-hydrogen) atoms. The zero-order chi connectivity index (χ0) is 10.1. The third kappa shape index (κ3) is 5.97. The van der Waals surface area contributed by atoms with Crippen molar-refractivity contribution in [3.63, 3.8) is 0 Å². The van der Waals surface area contributed by atoms with Gasteiger partial charge in [-0.05, 0) is 12.8 Å². The Morgan fingerprint density at radius 1 is 1.46 bits per heavy atom. The molecule has 0 aromatic rings. The van der Waals surface area contributed by atoms with Crippen LogP contribution in [0.4, 0.5) is 0 Å². The Balaban J connectivity index is 3.71. The van der Waals surface area contributed by atoms with Gasteiger partial charge in [-0.1, -0.05) is 39.3 Å². The number of ether oxygens (including phenoxy) is 1. The van der Waals surface area contributed by atoms with Crippen molar-refractivity contribution in [3.8, 4) is 0 Å². The van der Waals surface area contributed by atoms with Gasteiger partial charge in [-0.3, -0.25) is 4.79 Å². The Bertz CT molecular complexity index is 137. The van der Waals surface area contributed by atoms with Crippen molar-refractivity contribution >= 4 is 18.6 Å². The molecule has 0 saturated heterocycles. The third-order valence-corrected chi connectivity index (χ3v) is 2.23. The fraction of sp³-hybridized carbons (Fsp3) is 0.900. The van der Waals surface area contributed by atoms with E-state index in [2.05, 4.69) is 6.92 Å². The van der Waals surface area contributed by atoms with Gasteiger partial charge in [0.25, 0.3) is 0 Å². The Hall–Kier alpha value is -0.180. The summed E-state index contributed by atoms with van der Waals surface area (Å²) in [5, 5.41) is 0. The summed E-state index contributed by atoms with van der Waals surface area (Å²) in [5.74, 6) is 0.512. The molecule has 1 unspecified atom stereocenters. The Labute approximate surface area is 86.5 Å². The minimum absolute atomic E-state index is 0.0687. The van der Waals surface area contributed by atoms with E-state index in [-0.39, 0.29) is 11.9 Å². The highest BCUT2D eigenvalue weighted by Crippen LogP contribution is 2.14. The lowest BCUT2D eigenvalue weighted by atomic mass is 10.00. The van der Waals surface area contributed by atoms with Crippen LogP contribution in [0.5, 0.6) is 0 Å². The second kappa shape index (κ2) is 8.42. The first kappa shape index (κ1) is 12.8. The maximum absolute atomic E-state index is 11.4.